The predicted molar refractivity (Wildman–Crippen MR) is 109 cm³/mol. The Morgan fingerprint density at radius 1 is 1.04 bits per heavy atom. The molecule has 0 radical (unpaired) electrons. The van der Waals surface area contributed by atoms with Crippen LogP contribution in [0.2, 0.25) is 0 Å². The summed E-state index contributed by atoms with van der Waals surface area (Å²) in [4.78, 5) is 19.3. The molecule has 0 unspecified atom stereocenters. The summed E-state index contributed by atoms with van der Waals surface area (Å²) in [5.41, 5.74) is 7.25. The van der Waals surface area contributed by atoms with E-state index in [0.29, 0.717) is 5.69 Å². The molecule has 0 spiro atoms. The van der Waals surface area contributed by atoms with E-state index in [9.17, 15) is 4.79 Å². The number of pyridine rings is 1. The molecule has 27 heavy (non-hydrogen) atoms. The normalized spacial score (nSPS) is 13.2. The highest BCUT2D eigenvalue weighted by molar-refractivity contribution is 6.03. The molecule has 1 aromatic heterocycles. The van der Waals surface area contributed by atoms with Crippen molar-refractivity contribution in [3.05, 3.63) is 88.7 Å². The first kappa shape index (κ1) is 17.3. The third-order valence-corrected chi connectivity index (χ3v) is 5.12. The van der Waals surface area contributed by atoms with Crippen molar-refractivity contribution in [1.29, 1.82) is 0 Å². The van der Waals surface area contributed by atoms with E-state index in [2.05, 4.69) is 39.5 Å². The predicted octanol–water partition coefficient (Wildman–Crippen LogP) is 4.51. The smallest absolute Gasteiger partial charge is 0.274 e. The first-order chi connectivity index (χ1) is 13.1. The molecular formula is C23H23N3O. The molecule has 0 atom stereocenters. The van der Waals surface area contributed by atoms with E-state index in [1.165, 1.54) is 11.1 Å². The van der Waals surface area contributed by atoms with Gasteiger partial charge in [0.25, 0.3) is 5.91 Å². The molecule has 1 N–H and O–H groups in total. The average Bonchev–Trinajstić information content (AvgIpc) is 2.70. The van der Waals surface area contributed by atoms with Crippen LogP contribution in [0.5, 0.6) is 0 Å². The Bertz CT molecular complexity index is 979. The van der Waals surface area contributed by atoms with E-state index < -0.39 is 0 Å². The van der Waals surface area contributed by atoms with E-state index >= 15 is 0 Å². The standard InChI is InChI=1S/C23H23N3O/c1-16-7-8-17(2)22(13-16)25-23(27)21-10-9-20(14-24-21)26-12-11-18-5-3-4-6-19(18)15-26/h3-10,13-14H,11-12,15H2,1-2H3,(H,25,27). The second kappa shape index (κ2) is 7.23. The third kappa shape index (κ3) is 3.70. The molecule has 1 aliphatic rings. The number of hydrogen-bond acceptors (Lipinski definition) is 3. The molecule has 0 saturated heterocycles. The Morgan fingerprint density at radius 3 is 2.63 bits per heavy atom. The summed E-state index contributed by atoms with van der Waals surface area (Å²) in [6.45, 7) is 5.84. The minimum Gasteiger partial charge on any atom is -0.366 e. The van der Waals surface area contributed by atoms with Gasteiger partial charge in [-0.25, -0.2) is 4.98 Å². The number of carbonyl (C=O) groups excluding carboxylic acids is 1. The maximum atomic E-state index is 12.5. The van der Waals surface area contributed by atoms with Gasteiger partial charge in [-0.1, -0.05) is 36.4 Å². The fourth-order valence-electron chi connectivity index (χ4n) is 3.48. The maximum absolute atomic E-state index is 12.5. The van der Waals surface area contributed by atoms with E-state index in [-0.39, 0.29) is 5.91 Å². The lowest BCUT2D eigenvalue weighted by Gasteiger charge is -2.30. The Hall–Kier alpha value is -3.14. The van der Waals surface area contributed by atoms with Crippen LogP contribution in [-0.4, -0.2) is 17.4 Å². The van der Waals surface area contributed by atoms with Gasteiger partial charge in [0.1, 0.15) is 5.69 Å². The molecule has 0 aliphatic carbocycles. The number of carbonyl (C=O) groups is 1. The van der Waals surface area contributed by atoms with Crippen molar-refractivity contribution < 1.29 is 4.79 Å². The van der Waals surface area contributed by atoms with E-state index in [4.69, 9.17) is 0 Å². The van der Waals surface area contributed by atoms with Gasteiger partial charge in [0.05, 0.1) is 11.9 Å². The number of benzene rings is 2. The molecule has 1 amide bonds. The molecular weight excluding hydrogens is 334 g/mol. The van der Waals surface area contributed by atoms with Crippen LogP contribution < -0.4 is 10.2 Å². The zero-order valence-corrected chi connectivity index (χ0v) is 15.7. The molecule has 136 valence electrons. The molecule has 0 fully saturated rings. The number of nitrogens with one attached hydrogen (secondary N) is 1. The van der Waals surface area contributed by atoms with Gasteiger partial charge in [0.2, 0.25) is 0 Å². The van der Waals surface area contributed by atoms with Crippen LogP contribution in [0.15, 0.2) is 60.8 Å². The van der Waals surface area contributed by atoms with Gasteiger partial charge in [0, 0.05) is 18.8 Å². The Morgan fingerprint density at radius 2 is 1.85 bits per heavy atom. The first-order valence-corrected chi connectivity index (χ1v) is 9.26. The lowest BCUT2D eigenvalue weighted by Crippen LogP contribution is -2.30. The van der Waals surface area contributed by atoms with E-state index in [1.807, 2.05) is 38.1 Å². The maximum Gasteiger partial charge on any atom is 0.274 e. The molecule has 0 bridgehead atoms. The highest BCUT2D eigenvalue weighted by Gasteiger charge is 2.17. The molecule has 4 rings (SSSR count). The fraction of sp³-hybridized carbons (Fsp3) is 0.217. The topological polar surface area (TPSA) is 45.2 Å². The van der Waals surface area contributed by atoms with Crippen molar-refractivity contribution in [2.75, 3.05) is 16.8 Å². The summed E-state index contributed by atoms with van der Waals surface area (Å²) in [5, 5.41) is 2.96. The minimum absolute atomic E-state index is 0.181. The molecule has 4 nitrogen and oxygen atoms in total. The van der Waals surface area contributed by atoms with Crippen molar-refractivity contribution in [2.45, 2.75) is 26.8 Å². The monoisotopic (exact) mass is 357 g/mol. The molecule has 3 aromatic rings. The first-order valence-electron chi connectivity index (χ1n) is 9.26. The van der Waals surface area contributed by atoms with Gasteiger partial charge in [-0.3, -0.25) is 4.79 Å². The minimum atomic E-state index is -0.181. The zero-order chi connectivity index (χ0) is 18.8. The highest BCUT2D eigenvalue weighted by atomic mass is 16.1. The van der Waals surface area contributed by atoms with Gasteiger partial charge in [-0.15, -0.1) is 0 Å². The second-order valence-corrected chi connectivity index (χ2v) is 7.11. The number of rotatable bonds is 3. The largest absolute Gasteiger partial charge is 0.366 e. The molecule has 1 aliphatic heterocycles. The van der Waals surface area contributed by atoms with Crippen LogP contribution in [0.3, 0.4) is 0 Å². The second-order valence-electron chi connectivity index (χ2n) is 7.11. The number of hydrogen-bond donors (Lipinski definition) is 1. The fourth-order valence-corrected chi connectivity index (χ4v) is 3.48. The number of anilines is 2. The average molecular weight is 357 g/mol. The summed E-state index contributed by atoms with van der Waals surface area (Å²) < 4.78 is 0. The number of amides is 1. The van der Waals surface area contributed by atoms with Gasteiger partial charge >= 0.3 is 0 Å². The number of aromatic nitrogens is 1. The van der Waals surface area contributed by atoms with E-state index in [0.717, 1.165) is 42.0 Å². The third-order valence-electron chi connectivity index (χ3n) is 5.12. The summed E-state index contributed by atoms with van der Waals surface area (Å²) >= 11 is 0. The summed E-state index contributed by atoms with van der Waals surface area (Å²) in [6.07, 6.45) is 2.83. The van der Waals surface area contributed by atoms with Crippen LogP contribution in [0.4, 0.5) is 11.4 Å². The van der Waals surface area contributed by atoms with Crippen molar-refractivity contribution in [3.8, 4) is 0 Å². The van der Waals surface area contributed by atoms with Crippen LogP contribution in [0, 0.1) is 13.8 Å². The number of aryl methyl sites for hydroxylation is 2. The van der Waals surface area contributed by atoms with Gasteiger partial charge in [-0.05, 0) is 60.7 Å². The Kier molecular flexibility index (Phi) is 4.63. The quantitative estimate of drug-likeness (QED) is 0.750. The number of fused-ring (bicyclic) bond motifs is 1. The van der Waals surface area contributed by atoms with Gasteiger partial charge in [0.15, 0.2) is 0 Å². The lowest BCUT2D eigenvalue weighted by atomic mass is 10.00. The molecule has 2 aromatic carbocycles. The van der Waals surface area contributed by atoms with Crippen molar-refractivity contribution in [3.63, 3.8) is 0 Å². The SMILES string of the molecule is Cc1ccc(C)c(NC(=O)c2ccc(N3CCc4ccccc4C3)cn2)c1. The van der Waals surface area contributed by atoms with Crippen LogP contribution >= 0.6 is 0 Å². The molecule has 2 heterocycles. The number of nitrogens with zero attached hydrogens (tertiary/aromatic N) is 2. The van der Waals surface area contributed by atoms with Crippen molar-refractivity contribution in [2.24, 2.45) is 0 Å². The van der Waals surface area contributed by atoms with Crippen molar-refractivity contribution in [1.82, 2.24) is 4.98 Å². The Balaban J connectivity index is 1.48. The van der Waals surface area contributed by atoms with E-state index in [1.54, 1.807) is 12.3 Å². The summed E-state index contributed by atoms with van der Waals surface area (Å²) in [7, 11) is 0. The van der Waals surface area contributed by atoms with Crippen LogP contribution in [0.25, 0.3) is 0 Å². The van der Waals surface area contributed by atoms with Gasteiger partial charge < -0.3 is 10.2 Å². The summed E-state index contributed by atoms with van der Waals surface area (Å²) in [5.74, 6) is -0.181. The van der Waals surface area contributed by atoms with Crippen LogP contribution in [-0.2, 0) is 13.0 Å². The Labute approximate surface area is 159 Å². The zero-order valence-electron chi connectivity index (χ0n) is 15.7. The lowest BCUT2D eigenvalue weighted by molar-refractivity contribution is 0.102. The van der Waals surface area contributed by atoms with Gasteiger partial charge in [-0.2, -0.15) is 0 Å². The van der Waals surface area contributed by atoms with Crippen molar-refractivity contribution >= 4 is 17.3 Å². The highest BCUT2D eigenvalue weighted by Crippen LogP contribution is 2.24. The molecule has 4 heteroatoms. The van der Waals surface area contributed by atoms with Crippen LogP contribution in [0.1, 0.15) is 32.7 Å². The molecule has 0 saturated carbocycles. The summed E-state index contributed by atoms with van der Waals surface area (Å²) in [6, 6.07) is 18.4.